The van der Waals surface area contributed by atoms with Crippen LogP contribution in [0.2, 0.25) is 0 Å². The summed E-state index contributed by atoms with van der Waals surface area (Å²) in [6.07, 6.45) is -0.0563. The minimum absolute atomic E-state index is 0.161. The summed E-state index contributed by atoms with van der Waals surface area (Å²) in [5.41, 5.74) is 0.275. The summed E-state index contributed by atoms with van der Waals surface area (Å²) in [7, 11) is 0. The third-order valence-corrected chi connectivity index (χ3v) is 2.82. The lowest BCUT2D eigenvalue weighted by molar-refractivity contribution is -0.385. The Morgan fingerprint density at radius 1 is 1.53 bits per heavy atom. The number of nitrogens with one attached hydrogen (secondary N) is 1. The standard InChI is InChI=1S/C12H16N2O5/c1-3-9(15)6-13-10-4-8(12(16)17)5-11(7(10)2)14(18)19/h4-5,9,13,15H,3,6H2,1-2H3,(H,16,17). The molecule has 0 fully saturated rings. The molecule has 0 saturated carbocycles. The number of hydrogen-bond acceptors (Lipinski definition) is 5. The Kier molecular flexibility index (Phi) is 4.82. The molecule has 1 aromatic carbocycles. The van der Waals surface area contributed by atoms with E-state index in [1.165, 1.54) is 13.0 Å². The average molecular weight is 268 g/mol. The number of aliphatic hydroxyl groups is 1. The molecule has 0 bridgehead atoms. The van der Waals surface area contributed by atoms with Crippen LogP contribution in [0.25, 0.3) is 0 Å². The quantitative estimate of drug-likeness (QED) is 0.535. The van der Waals surface area contributed by atoms with Crippen LogP contribution < -0.4 is 5.32 Å². The van der Waals surface area contributed by atoms with Crippen LogP contribution in [0.15, 0.2) is 12.1 Å². The van der Waals surface area contributed by atoms with E-state index in [9.17, 15) is 20.0 Å². The number of aromatic carboxylic acids is 1. The summed E-state index contributed by atoms with van der Waals surface area (Å²) in [5, 5.41) is 32.1. The lowest BCUT2D eigenvalue weighted by Crippen LogP contribution is -2.19. The molecule has 19 heavy (non-hydrogen) atoms. The largest absolute Gasteiger partial charge is 0.478 e. The molecule has 0 radical (unpaired) electrons. The molecular weight excluding hydrogens is 252 g/mol. The zero-order valence-corrected chi connectivity index (χ0v) is 10.7. The van der Waals surface area contributed by atoms with Crippen molar-refractivity contribution in [1.29, 1.82) is 0 Å². The first-order valence-electron chi connectivity index (χ1n) is 5.81. The van der Waals surface area contributed by atoms with Gasteiger partial charge in [-0.15, -0.1) is 0 Å². The molecule has 1 aromatic rings. The summed E-state index contributed by atoms with van der Waals surface area (Å²) >= 11 is 0. The first kappa shape index (κ1) is 14.9. The number of nitro groups is 1. The maximum atomic E-state index is 10.9. The van der Waals surface area contributed by atoms with Crippen molar-refractivity contribution in [3.8, 4) is 0 Å². The fraction of sp³-hybridized carbons (Fsp3) is 0.417. The van der Waals surface area contributed by atoms with Crippen molar-refractivity contribution < 1.29 is 19.9 Å². The average Bonchev–Trinajstić information content (AvgIpc) is 2.36. The SMILES string of the molecule is CCC(O)CNc1cc(C(=O)O)cc([N+](=O)[O-])c1C. The smallest absolute Gasteiger partial charge is 0.336 e. The topological polar surface area (TPSA) is 113 Å². The number of nitrogens with zero attached hydrogens (tertiary/aromatic N) is 1. The van der Waals surface area contributed by atoms with Gasteiger partial charge in [-0.3, -0.25) is 10.1 Å². The minimum atomic E-state index is -1.23. The predicted octanol–water partition coefficient (Wildman–Crippen LogP) is 1.78. The fourth-order valence-corrected chi connectivity index (χ4v) is 1.57. The molecule has 0 saturated heterocycles. The maximum Gasteiger partial charge on any atom is 0.336 e. The van der Waals surface area contributed by atoms with Gasteiger partial charge in [0.2, 0.25) is 0 Å². The monoisotopic (exact) mass is 268 g/mol. The number of carbonyl (C=O) groups is 1. The first-order chi connectivity index (χ1) is 8.86. The van der Waals surface area contributed by atoms with E-state index in [2.05, 4.69) is 5.32 Å². The van der Waals surface area contributed by atoms with Crippen molar-refractivity contribution >= 4 is 17.3 Å². The molecule has 0 heterocycles. The Morgan fingerprint density at radius 3 is 2.63 bits per heavy atom. The molecule has 1 atom stereocenters. The Balaban J connectivity index is 3.14. The van der Waals surface area contributed by atoms with Gasteiger partial charge in [0.25, 0.3) is 5.69 Å². The summed E-state index contributed by atoms with van der Waals surface area (Å²) < 4.78 is 0. The molecule has 0 aliphatic carbocycles. The Bertz CT molecular complexity index is 501. The van der Waals surface area contributed by atoms with Gasteiger partial charge in [0.1, 0.15) is 0 Å². The number of rotatable bonds is 6. The van der Waals surface area contributed by atoms with E-state index in [1.54, 1.807) is 6.92 Å². The van der Waals surface area contributed by atoms with Crippen LogP contribution in [0.5, 0.6) is 0 Å². The zero-order valence-electron chi connectivity index (χ0n) is 10.7. The number of carboxylic acid groups (broad SMARTS) is 1. The number of anilines is 1. The molecule has 0 aromatic heterocycles. The normalized spacial score (nSPS) is 11.9. The molecular formula is C12H16N2O5. The Labute approximate surface area is 110 Å². The van der Waals surface area contributed by atoms with Crippen LogP contribution >= 0.6 is 0 Å². The van der Waals surface area contributed by atoms with Crippen molar-refractivity contribution in [1.82, 2.24) is 0 Å². The molecule has 7 nitrogen and oxygen atoms in total. The second-order valence-corrected chi connectivity index (χ2v) is 4.17. The predicted molar refractivity (Wildman–Crippen MR) is 69.6 cm³/mol. The third-order valence-electron chi connectivity index (χ3n) is 2.82. The van der Waals surface area contributed by atoms with Gasteiger partial charge in [-0.25, -0.2) is 4.79 Å². The summed E-state index contributed by atoms with van der Waals surface area (Å²) in [5.74, 6) is -1.23. The highest BCUT2D eigenvalue weighted by Gasteiger charge is 2.19. The van der Waals surface area contributed by atoms with E-state index in [0.717, 1.165) is 6.07 Å². The zero-order chi connectivity index (χ0) is 14.6. The summed E-state index contributed by atoms with van der Waals surface area (Å²) in [6.45, 7) is 3.54. The summed E-state index contributed by atoms with van der Waals surface area (Å²) in [6, 6.07) is 2.35. The second kappa shape index (κ2) is 6.14. The van der Waals surface area contributed by atoms with Crippen molar-refractivity contribution in [3.63, 3.8) is 0 Å². The molecule has 1 rings (SSSR count). The van der Waals surface area contributed by atoms with Crippen molar-refractivity contribution in [3.05, 3.63) is 33.4 Å². The van der Waals surface area contributed by atoms with Crippen molar-refractivity contribution in [2.75, 3.05) is 11.9 Å². The third kappa shape index (κ3) is 3.65. The number of hydrogen-bond donors (Lipinski definition) is 3. The number of benzene rings is 1. The van der Waals surface area contributed by atoms with Crippen LogP contribution in [-0.2, 0) is 0 Å². The highest BCUT2D eigenvalue weighted by atomic mass is 16.6. The van der Waals surface area contributed by atoms with Gasteiger partial charge >= 0.3 is 5.97 Å². The molecule has 3 N–H and O–H groups in total. The molecule has 1 unspecified atom stereocenters. The van der Waals surface area contributed by atoms with Gasteiger partial charge in [-0.1, -0.05) is 6.92 Å². The second-order valence-electron chi connectivity index (χ2n) is 4.17. The van der Waals surface area contributed by atoms with E-state index in [1.807, 2.05) is 0 Å². The molecule has 0 aliphatic rings. The highest BCUT2D eigenvalue weighted by molar-refractivity contribution is 5.90. The molecule has 0 spiro atoms. The molecule has 0 amide bonds. The Morgan fingerprint density at radius 2 is 2.16 bits per heavy atom. The first-order valence-corrected chi connectivity index (χ1v) is 5.81. The highest BCUT2D eigenvalue weighted by Crippen LogP contribution is 2.27. The fourth-order valence-electron chi connectivity index (χ4n) is 1.57. The van der Waals surface area contributed by atoms with Crippen LogP contribution in [0.3, 0.4) is 0 Å². The van der Waals surface area contributed by atoms with Gasteiger partial charge in [-0.2, -0.15) is 0 Å². The van der Waals surface area contributed by atoms with E-state index < -0.39 is 17.0 Å². The van der Waals surface area contributed by atoms with Gasteiger partial charge in [0.05, 0.1) is 16.6 Å². The number of nitro benzene ring substituents is 1. The van der Waals surface area contributed by atoms with Gasteiger partial charge in [0.15, 0.2) is 0 Å². The molecule has 7 heteroatoms. The van der Waals surface area contributed by atoms with Gasteiger partial charge in [-0.05, 0) is 19.4 Å². The van der Waals surface area contributed by atoms with E-state index >= 15 is 0 Å². The van der Waals surface area contributed by atoms with Crippen molar-refractivity contribution in [2.24, 2.45) is 0 Å². The minimum Gasteiger partial charge on any atom is -0.478 e. The van der Waals surface area contributed by atoms with E-state index in [0.29, 0.717) is 17.7 Å². The van der Waals surface area contributed by atoms with E-state index in [4.69, 9.17) is 5.11 Å². The van der Waals surface area contributed by atoms with Crippen LogP contribution in [0.1, 0.15) is 29.3 Å². The van der Waals surface area contributed by atoms with Gasteiger partial charge in [0, 0.05) is 23.9 Å². The van der Waals surface area contributed by atoms with Crippen LogP contribution in [0, 0.1) is 17.0 Å². The van der Waals surface area contributed by atoms with Crippen LogP contribution in [0.4, 0.5) is 11.4 Å². The summed E-state index contributed by atoms with van der Waals surface area (Å²) in [4.78, 5) is 21.2. The number of aliphatic hydroxyl groups excluding tert-OH is 1. The Hall–Kier alpha value is -2.15. The molecule has 0 aliphatic heterocycles. The number of carboxylic acids is 1. The lowest BCUT2D eigenvalue weighted by atomic mass is 10.1. The van der Waals surface area contributed by atoms with E-state index in [-0.39, 0.29) is 17.8 Å². The van der Waals surface area contributed by atoms with Crippen molar-refractivity contribution in [2.45, 2.75) is 26.4 Å². The lowest BCUT2D eigenvalue weighted by Gasteiger charge is -2.13. The van der Waals surface area contributed by atoms with Gasteiger partial charge < -0.3 is 15.5 Å². The maximum absolute atomic E-state index is 10.9. The molecule has 104 valence electrons. The van der Waals surface area contributed by atoms with Crippen LogP contribution in [-0.4, -0.2) is 33.8 Å².